The van der Waals surface area contributed by atoms with E-state index >= 15 is 0 Å². The van der Waals surface area contributed by atoms with Crippen LogP contribution < -0.4 is 11.2 Å². The van der Waals surface area contributed by atoms with Gasteiger partial charge in [-0.25, -0.2) is 4.79 Å². The molecule has 6 heteroatoms. The van der Waals surface area contributed by atoms with Crippen LogP contribution in [0, 0.1) is 5.92 Å². The number of fused-ring (bicyclic) bond motifs is 1. The van der Waals surface area contributed by atoms with E-state index in [-0.39, 0.29) is 17.3 Å². The van der Waals surface area contributed by atoms with Crippen LogP contribution in [0.1, 0.15) is 13.8 Å². The summed E-state index contributed by atoms with van der Waals surface area (Å²) in [5.74, 6) is 0.339. The third-order valence-electron chi connectivity index (χ3n) is 4.54. The molecule has 0 saturated carbocycles. The van der Waals surface area contributed by atoms with Gasteiger partial charge in [0.1, 0.15) is 0 Å². The zero-order valence-electron chi connectivity index (χ0n) is 13.6. The van der Waals surface area contributed by atoms with Crippen LogP contribution in [0.5, 0.6) is 0 Å². The predicted molar refractivity (Wildman–Crippen MR) is 89.8 cm³/mol. The van der Waals surface area contributed by atoms with Gasteiger partial charge in [0.15, 0.2) is 0 Å². The van der Waals surface area contributed by atoms with Gasteiger partial charge in [-0.2, -0.15) is 0 Å². The highest BCUT2D eigenvalue weighted by molar-refractivity contribution is 5.76. The maximum atomic E-state index is 12.7. The van der Waals surface area contributed by atoms with Crippen molar-refractivity contribution in [3.63, 3.8) is 0 Å². The average Bonchev–Trinajstić information content (AvgIpc) is 2.55. The van der Waals surface area contributed by atoms with E-state index in [0.29, 0.717) is 36.6 Å². The number of H-pyrrole nitrogens is 1. The van der Waals surface area contributed by atoms with Gasteiger partial charge < -0.3 is 9.72 Å². The van der Waals surface area contributed by atoms with Crippen molar-refractivity contribution >= 4 is 10.9 Å². The molecule has 1 N–H and O–H groups in total. The molecule has 23 heavy (non-hydrogen) atoms. The van der Waals surface area contributed by atoms with Gasteiger partial charge in [0.2, 0.25) is 0 Å². The molecule has 1 aliphatic heterocycles. The molecule has 2 heterocycles. The highest BCUT2D eigenvalue weighted by atomic mass is 16.5. The van der Waals surface area contributed by atoms with E-state index in [4.69, 9.17) is 4.74 Å². The molecule has 1 aromatic heterocycles. The summed E-state index contributed by atoms with van der Waals surface area (Å²) in [5.41, 5.74) is 0.0297. The summed E-state index contributed by atoms with van der Waals surface area (Å²) in [5, 5.41) is 0.552. The number of morpholine rings is 1. The SMILES string of the molecule is CC(C)[C@@H](Cn1c(=O)[nH]c2ccccc2c1=O)N1CCOCC1. The first-order valence-electron chi connectivity index (χ1n) is 8.11. The Balaban J connectivity index is 1.98. The molecule has 0 unspecified atom stereocenters. The molecular formula is C17H23N3O3. The van der Waals surface area contributed by atoms with E-state index in [1.165, 1.54) is 4.57 Å². The lowest BCUT2D eigenvalue weighted by Crippen LogP contribution is -2.50. The lowest BCUT2D eigenvalue weighted by molar-refractivity contribution is 0.00150. The van der Waals surface area contributed by atoms with Crippen LogP contribution in [0.2, 0.25) is 0 Å². The minimum absolute atomic E-state index is 0.138. The Morgan fingerprint density at radius 3 is 2.57 bits per heavy atom. The Morgan fingerprint density at radius 1 is 1.17 bits per heavy atom. The van der Waals surface area contributed by atoms with Gasteiger partial charge in [-0.1, -0.05) is 26.0 Å². The number of nitrogens with one attached hydrogen (secondary N) is 1. The summed E-state index contributed by atoms with van der Waals surface area (Å²) in [6.07, 6.45) is 0. The van der Waals surface area contributed by atoms with Crippen LogP contribution in [0.25, 0.3) is 10.9 Å². The van der Waals surface area contributed by atoms with Crippen molar-refractivity contribution in [2.45, 2.75) is 26.4 Å². The average molecular weight is 317 g/mol. The fourth-order valence-corrected chi connectivity index (χ4v) is 3.21. The molecule has 124 valence electrons. The molecule has 1 fully saturated rings. The fraction of sp³-hybridized carbons (Fsp3) is 0.529. The molecular weight excluding hydrogens is 294 g/mol. The van der Waals surface area contributed by atoms with Crippen molar-refractivity contribution in [1.29, 1.82) is 0 Å². The molecule has 0 amide bonds. The van der Waals surface area contributed by atoms with E-state index in [9.17, 15) is 9.59 Å². The quantitative estimate of drug-likeness (QED) is 0.915. The topological polar surface area (TPSA) is 67.3 Å². The first-order valence-corrected chi connectivity index (χ1v) is 8.11. The van der Waals surface area contributed by atoms with Crippen LogP contribution in [-0.4, -0.2) is 46.8 Å². The van der Waals surface area contributed by atoms with Crippen LogP contribution >= 0.6 is 0 Å². The zero-order chi connectivity index (χ0) is 16.4. The summed E-state index contributed by atoms with van der Waals surface area (Å²) in [7, 11) is 0. The second kappa shape index (κ2) is 6.68. The van der Waals surface area contributed by atoms with Crippen molar-refractivity contribution in [3.05, 3.63) is 45.1 Å². The number of benzene rings is 1. The smallest absolute Gasteiger partial charge is 0.328 e. The maximum absolute atomic E-state index is 12.7. The Morgan fingerprint density at radius 2 is 1.87 bits per heavy atom. The van der Waals surface area contributed by atoms with Crippen LogP contribution in [0.3, 0.4) is 0 Å². The Hall–Kier alpha value is -1.92. The van der Waals surface area contributed by atoms with Gasteiger partial charge in [0.05, 0.1) is 24.1 Å². The van der Waals surface area contributed by atoms with Crippen molar-refractivity contribution < 1.29 is 4.74 Å². The van der Waals surface area contributed by atoms with Gasteiger partial charge in [0, 0.05) is 25.7 Å². The van der Waals surface area contributed by atoms with Gasteiger partial charge in [-0.15, -0.1) is 0 Å². The number of rotatable bonds is 4. The number of aromatic amines is 1. The van der Waals surface area contributed by atoms with E-state index in [1.807, 2.05) is 12.1 Å². The molecule has 1 aromatic carbocycles. The zero-order valence-corrected chi connectivity index (χ0v) is 13.6. The predicted octanol–water partition coefficient (Wildman–Crippen LogP) is 1.05. The first-order chi connectivity index (χ1) is 11.1. The van der Waals surface area contributed by atoms with E-state index < -0.39 is 0 Å². The Bertz CT molecular complexity index is 788. The molecule has 3 rings (SSSR count). The van der Waals surface area contributed by atoms with Gasteiger partial charge in [0.25, 0.3) is 5.56 Å². The van der Waals surface area contributed by atoms with Crippen LogP contribution in [0.4, 0.5) is 0 Å². The number of hydrogen-bond acceptors (Lipinski definition) is 4. The largest absolute Gasteiger partial charge is 0.379 e. The van der Waals surface area contributed by atoms with Gasteiger partial charge in [-0.3, -0.25) is 14.3 Å². The third-order valence-corrected chi connectivity index (χ3v) is 4.54. The lowest BCUT2D eigenvalue weighted by atomic mass is 10.0. The molecule has 1 aliphatic rings. The fourth-order valence-electron chi connectivity index (χ4n) is 3.21. The highest BCUT2D eigenvalue weighted by Gasteiger charge is 2.25. The number of hydrogen-bond donors (Lipinski definition) is 1. The molecule has 0 radical (unpaired) electrons. The minimum Gasteiger partial charge on any atom is -0.379 e. The monoisotopic (exact) mass is 317 g/mol. The number of aromatic nitrogens is 2. The second-order valence-corrected chi connectivity index (χ2v) is 6.35. The number of ether oxygens (including phenoxy) is 1. The lowest BCUT2D eigenvalue weighted by Gasteiger charge is -2.36. The molecule has 0 spiro atoms. The molecule has 0 aliphatic carbocycles. The summed E-state index contributed by atoms with van der Waals surface area (Å²) in [6, 6.07) is 7.27. The van der Waals surface area contributed by atoms with Crippen LogP contribution in [-0.2, 0) is 11.3 Å². The molecule has 0 bridgehead atoms. The van der Waals surface area contributed by atoms with Crippen molar-refractivity contribution in [3.8, 4) is 0 Å². The molecule has 1 atom stereocenters. The van der Waals surface area contributed by atoms with Crippen molar-refractivity contribution in [2.75, 3.05) is 26.3 Å². The standard InChI is InChI=1S/C17H23N3O3/c1-12(2)15(19-7-9-23-10-8-19)11-20-16(21)13-5-3-4-6-14(13)18-17(20)22/h3-6,12,15H,7-11H2,1-2H3,(H,18,22)/t15-/m1/s1. The van der Waals surface area contributed by atoms with E-state index in [1.54, 1.807) is 12.1 Å². The summed E-state index contributed by atoms with van der Waals surface area (Å²) < 4.78 is 6.74. The van der Waals surface area contributed by atoms with E-state index in [2.05, 4.69) is 23.7 Å². The second-order valence-electron chi connectivity index (χ2n) is 6.35. The van der Waals surface area contributed by atoms with Gasteiger partial charge >= 0.3 is 5.69 Å². The molecule has 6 nitrogen and oxygen atoms in total. The summed E-state index contributed by atoms with van der Waals surface area (Å²) in [4.78, 5) is 30.2. The highest BCUT2D eigenvalue weighted by Crippen LogP contribution is 2.14. The van der Waals surface area contributed by atoms with Crippen molar-refractivity contribution in [2.24, 2.45) is 5.92 Å². The molecule has 2 aromatic rings. The third kappa shape index (κ3) is 3.23. The van der Waals surface area contributed by atoms with Crippen molar-refractivity contribution in [1.82, 2.24) is 14.5 Å². The van der Waals surface area contributed by atoms with Crippen LogP contribution in [0.15, 0.2) is 33.9 Å². The summed E-state index contributed by atoms with van der Waals surface area (Å²) >= 11 is 0. The van der Waals surface area contributed by atoms with Gasteiger partial charge in [-0.05, 0) is 18.1 Å². The molecule has 1 saturated heterocycles. The minimum atomic E-state index is -0.340. The Labute approximate surface area is 134 Å². The summed E-state index contributed by atoms with van der Waals surface area (Å²) in [6.45, 7) is 7.72. The number of nitrogens with zero attached hydrogens (tertiary/aromatic N) is 2. The normalized spacial score (nSPS) is 17.7. The maximum Gasteiger partial charge on any atom is 0.328 e. The first kappa shape index (κ1) is 16.0. The van der Waals surface area contributed by atoms with E-state index in [0.717, 1.165) is 13.1 Å². The Kier molecular flexibility index (Phi) is 4.63. The number of para-hydroxylation sites is 1.